The van der Waals surface area contributed by atoms with Gasteiger partial charge in [-0.15, -0.1) is 0 Å². The summed E-state index contributed by atoms with van der Waals surface area (Å²) in [5.74, 6) is 2.56. The number of para-hydroxylation sites is 1. The Hall–Kier alpha value is -3.19. The molecule has 1 saturated heterocycles. The second-order valence-electron chi connectivity index (χ2n) is 6.81. The van der Waals surface area contributed by atoms with Gasteiger partial charge in [0.1, 0.15) is 17.7 Å². The Bertz CT molecular complexity index is 1110. The van der Waals surface area contributed by atoms with E-state index in [2.05, 4.69) is 50.2 Å². The zero-order valence-electron chi connectivity index (χ0n) is 15.2. The molecule has 5 rings (SSSR count). The summed E-state index contributed by atoms with van der Waals surface area (Å²) < 4.78 is 7.02. The summed E-state index contributed by atoms with van der Waals surface area (Å²) in [6.45, 7) is 1.91. The Balaban J connectivity index is 1.37. The fourth-order valence-electron chi connectivity index (χ4n) is 3.66. The minimum Gasteiger partial charge on any atom is -0.437 e. The van der Waals surface area contributed by atoms with Crippen molar-refractivity contribution in [2.45, 2.75) is 12.3 Å². The lowest BCUT2D eigenvalue weighted by molar-refractivity contribution is 0.466. The molecule has 140 valence electrons. The van der Waals surface area contributed by atoms with Crippen LogP contribution in [0.15, 0.2) is 60.9 Å². The van der Waals surface area contributed by atoms with Crippen molar-refractivity contribution in [3.05, 3.63) is 66.5 Å². The number of fused-ring (bicyclic) bond motifs is 1. The third kappa shape index (κ3) is 3.25. The first-order valence-electron chi connectivity index (χ1n) is 9.21. The van der Waals surface area contributed by atoms with Gasteiger partial charge in [0.05, 0.1) is 4.70 Å². The van der Waals surface area contributed by atoms with E-state index in [4.69, 9.17) is 10.5 Å². The summed E-state index contributed by atoms with van der Waals surface area (Å²) in [5, 5.41) is 0.526. The van der Waals surface area contributed by atoms with Gasteiger partial charge < -0.3 is 15.4 Å². The van der Waals surface area contributed by atoms with Gasteiger partial charge in [0.2, 0.25) is 5.88 Å². The van der Waals surface area contributed by atoms with E-state index in [9.17, 15) is 0 Å². The molecule has 4 aromatic rings. The van der Waals surface area contributed by atoms with Crippen LogP contribution in [0.3, 0.4) is 0 Å². The predicted molar refractivity (Wildman–Crippen MR) is 112 cm³/mol. The summed E-state index contributed by atoms with van der Waals surface area (Å²) in [5.41, 5.74) is 7.98. The Morgan fingerprint density at radius 2 is 1.96 bits per heavy atom. The van der Waals surface area contributed by atoms with Gasteiger partial charge >= 0.3 is 0 Å². The number of nitrogens with two attached hydrogens (primary N) is 1. The van der Waals surface area contributed by atoms with Crippen LogP contribution in [0, 0.1) is 0 Å². The average Bonchev–Trinajstić information content (AvgIpc) is 3.36. The number of nitrogens with zero attached hydrogens (tertiary/aromatic N) is 4. The van der Waals surface area contributed by atoms with E-state index in [1.165, 1.54) is 16.9 Å². The average molecular weight is 389 g/mol. The maximum absolute atomic E-state index is 6.03. The SMILES string of the molecule is Nc1nc2c(Oc3cc(N4CCC(c5ccccc5)C4)ncn3)cccc2s1. The molecule has 3 heterocycles. The van der Waals surface area contributed by atoms with Gasteiger partial charge in [-0.3, -0.25) is 0 Å². The molecular weight excluding hydrogens is 370 g/mol. The topological polar surface area (TPSA) is 77.2 Å². The minimum absolute atomic E-state index is 0.507. The van der Waals surface area contributed by atoms with Gasteiger partial charge in [0, 0.05) is 25.1 Å². The molecule has 0 radical (unpaired) electrons. The van der Waals surface area contributed by atoms with Crippen molar-refractivity contribution in [1.29, 1.82) is 0 Å². The molecule has 2 aromatic carbocycles. The Kier molecular flexibility index (Phi) is 4.29. The highest BCUT2D eigenvalue weighted by molar-refractivity contribution is 7.22. The first-order chi connectivity index (χ1) is 13.8. The second kappa shape index (κ2) is 7.09. The molecule has 2 N–H and O–H groups in total. The van der Waals surface area contributed by atoms with Crippen molar-refractivity contribution in [3.63, 3.8) is 0 Å². The minimum atomic E-state index is 0.507. The third-order valence-corrected chi connectivity index (χ3v) is 5.87. The van der Waals surface area contributed by atoms with Crippen molar-refractivity contribution < 1.29 is 4.74 Å². The van der Waals surface area contributed by atoms with E-state index in [1.807, 2.05) is 24.3 Å². The first-order valence-corrected chi connectivity index (χ1v) is 10.0. The number of hydrogen-bond acceptors (Lipinski definition) is 7. The van der Waals surface area contributed by atoms with Crippen LogP contribution in [-0.4, -0.2) is 28.0 Å². The summed E-state index contributed by atoms with van der Waals surface area (Å²) >= 11 is 1.44. The molecule has 1 aliphatic rings. The smallest absolute Gasteiger partial charge is 0.224 e. The highest BCUT2D eigenvalue weighted by atomic mass is 32.1. The summed E-state index contributed by atoms with van der Waals surface area (Å²) in [7, 11) is 0. The molecule has 0 amide bonds. The van der Waals surface area contributed by atoms with Crippen molar-refractivity contribution in [2.75, 3.05) is 23.7 Å². The lowest BCUT2D eigenvalue weighted by atomic mass is 9.99. The molecule has 7 heteroatoms. The zero-order valence-corrected chi connectivity index (χ0v) is 16.0. The molecule has 28 heavy (non-hydrogen) atoms. The summed E-state index contributed by atoms with van der Waals surface area (Å²) in [4.78, 5) is 15.4. The van der Waals surface area contributed by atoms with Crippen molar-refractivity contribution in [1.82, 2.24) is 15.0 Å². The van der Waals surface area contributed by atoms with Crippen LogP contribution in [0.25, 0.3) is 10.2 Å². The summed E-state index contributed by atoms with van der Waals surface area (Å²) in [6.07, 6.45) is 2.66. The lowest BCUT2D eigenvalue weighted by Gasteiger charge is -2.18. The number of anilines is 2. The van der Waals surface area contributed by atoms with E-state index < -0.39 is 0 Å². The quantitative estimate of drug-likeness (QED) is 0.555. The highest BCUT2D eigenvalue weighted by Gasteiger charge is 2.25. The van der Waals surface area contributed by atoms with Crippen LogP contribution >= 0.6 is 11.3 Å². The van der Waals surface area contributed by atoms with Gasteiger partial charge in [-0.1, -0.05) is 47.7 Å². The molecular formula is C21H19N5OS. The standard InChI is InChI=1S/C21H19N5OS/c22-21-25-20-16(7-4-8-17(20)28-21)27-19-11-18(23-13-24-19)26-10-9-15(12-26)14-5-2-1-3-6-14/h1-8,11,13,15H,9-10,12H2,(H2,22,25). The van der Waals surface area contributed by atoms with Gasteiger partial charge in [-0.2, -0.15) is 0 Å². The molecule has 6 nitrogen and oxygen atoms in total. The number of nitrogen functional groups attached to an aromatic ring is 1. The Morgan fingerprint density at radius 3 is 2.86 bits per heavy atom. The third-order valence-electron chi connectivity index (χ3n) is 5.02. The normalized spacial score (nSPS) is 16.6. The largest absolute Gasteiger partial charge is 0.437 e. The van der Waals surface area contributed by atoms with E-state index in [0.29, 0.717) is 22.7 Å². The fraction of sp³-hybridized carbons (Fsp3) is 0.190. The first kappa shape index (κ1) is 16.9. The molecule has 1 aliphatic heterocycles. The number of benzene rings is 2. The maximum Gasteiger partial charge on any atom is 0.224 e. The molecule has 2 aromatic heterocycles. The number of rotatable bonds is 4. The van der Waals surface area contributed by atoms with Gasteiger partial charge in [0.15, 0.2) is 10.9 Å². The number of thiazole rings is 1. The van der Waals surface area contributed by atoms with E-state index in [-0.39, 0.29) is 0 Å². The van der Waals surface area contributed by atoms with Crippen LogP contribution in [0.4, 0.5) is 10.9 Å². The van der Waals surface area contributed by atoms with E-state index in [0.717, 1.165) is 35.5 Å². The van der Waals surface area contributed by atoms with Crippen molar-refractivity contribution in [2.24, 2.45) is 0 Å². The summed E-state index contributed by atoms with van der Waals surface area (Å²) in [6, 6.07) is 18.3. The number of ether oxygens (including phenoxy) is 1. The van der Waals surface area contributed by atoms with Gasteiger partial charge in [-0.25, -0.2) is 15.0 Å². The van der Waals surface area contributed by atoms with Gasteiger partial charge in [-0.05, 0) is 24.1 Å². The molecule has 0 aliphatic carbocycles. The monoisotopic (exact) mass is 389 g/mol. The number of hydrogen-bond donors (Lipinski definition) is 1. The van der Waals surface area contributed by atoms with Crippen LogP contribution in [0.5, 0.6) is 11.6 Å². The molecule has 1 fully saturated rings. The molecule has 0 spiro atoms. The molecule has 0 bridgehead atoms. The highest BCUT2D eigenvalue weighted by Crippen LogP contribution is 2.34. The van der Waals surface area contributed by atoms with E-state index in [1.54, 1.807) is 6.33 Å². The second-order valence-corrected chi connectivity index (χ2v) is 7.88. The number of aromatic nitrogens is 3. The van der Waals surface area contributed by atoms with Crippen molar-refractivity contribution >= 4 is 32.5 Å². The van der Waals surface area contributed by atoms with Crippen LogP contribution in [0.2, 0.25) is 0 Å². The van der Waals surface area contributed by atoms with Crippen molar-refractivity contribution in [3.8, 4) is 11.6 Å². The molecule has 0 saturated carbocycles. The zero-order chi connectivity index (χ0) is 18.9. The van der Waals surface area contributed by atoms with Crippen LogP contribution in [0.1, 0.15) is 17.9 Å². The van der Waals surface area contributed by atoms with Crippen LogP contribution in [-0.2, 0) is 0 Å². The molecule has 1 atom stereocenters. The van der Waals surface area contributed by atoms with Crippen LogP contribution < -0.4 is 15.4 Å². The van der Waals surface area contributed by atoms with Gasteiger partial charge in [0.25, 0.3) is 0 Å². The molecule has 1 unspecified atom stereocenters. The Labute approximate surface area is 166 Å². The maximum atomic E-state index is 6.03. The lowest BCUT2D eigenvalue weighted by Crippen LogP contribution is -2.20. The fourth-order valence-corrected chi connectivity index (χ4v) is 4.41. The predicted octanol–water partition coefficient (Wildman–Crippen LogP) is 4.45. The van der Waals surface area contributed by atoms with E-state index >= 15 is 0 Å². The Morgan fingerprint density at radius 1 is 1.07 bits per heavy atom.